The van der Waals surface area contributed by atoms with Crippen molar-refractivity contribution in [1.82, 2.24) is 0 Å². The van der Waals surface area contributed by atoms with E-state index in [-0.39, 0.29) is 5.97 Å². The molecule has 0 aromatic carbocycles. The zero-order valence-electron chi connectivity index (χ0n) is 10.8. The van der Waals surface area contributed by atoms with Gasteiger partial charge in [-0.3, -0.25) is 4.79 Å². The van der Waals surface area contributed by atoms with Gasteiger partial charge in [-0.15, -0.1) is 0 Å². The van der Waals surface area contributed by atoms with Crippen molar-refractivity contribution in [2.45, 2.75) is 71.3 Å². The first kappa shape index (κ1) is 15.4. The molecule has 16 heavy (non-hydrogen) atoms. The third kappa shape index (κ3) is 8.72. The molecule has 96 valence electrons. The maximum Gasteiger partial charge on any atom is 0.322 e. The molecule has 0 radical (unpaired) electrons. The van der Waals surface area contributed by atoms with Crippen LogP contribution < -0.4 is 5.73 Å². The van der Waals surface area contributed by atoms with Gasteiger partial charge in [0.2, 0.25) is 0 Å². The molecule has 3 nitrogen and oxygen atoms in total. The second kappa shape index (κ2) is 10.9. The molecular formula is C13H27NO2. The lowest BCUT2D eigenvalue weighted by Crippen LogP contribution is -2.32. The monoisotopic (exact) mass is 229 g/mol. The molecular weight excluding hydrogens is 202 g/mol. The second-order valence-corrected chi connectivity index (χ2v) is 4.33. The first-order valence-electron chi connectivity index (χ1n) is 6.64. The van der Waals surface area contributed by atoms with Crippen molar-refractivity contribution in [2.75, 3.05) is 6.61 Å². The molecule has 0 amide bonds. The third-order valence-corrected chi connectivity index (χ3v) is 2.64. The van der Waals surface area contributed by atoms with Gasteiger partial charge in [0.15, 0.2) is 0 Å². The van der Waals surface area contributed by atoms with E-state index < -0.39 is 6.04 Å². The fourth-order valence-corrected chi connectivity index (χ4v) is 1.59. The van der Waals surface area contributed by atoms with Gasteiger partial charge < -0.3 is 10.5 Å². The van der Waals surface area contributed by atoms with Crippen LogP contribution in [0, 0.1) is 0 Å². The maximum atomic E-state index is 11.3. The SMILES string of the molecule is CCCCCCCCOC(=O)[C@@H](N)CCC. The average Bonchev–Trinajstić information content (AvgIpc) is 2.28. The van der Waals surface area contributed by atoms with E-state index in [1.54, 1.807) is 0 Å². The Kier molecular flexibility index (Phi) is 10.5. The molecule has 0 rings (SSSR count). The Morgan fingerprint density at radius 1 is 1.06 bits per heavy atom. The summed E-state index contributed by atoms with van der Waals surface area (Å²) in [6, 6.07) is -0.426. The van der Waals surface area contributed by atoms with Crippen LogP contribution in [0.3, 0.4) is 0 Å². The quantitative estimate of drug-likeness (QED) is 0.463. The highest BCUT2D eigenvalue weighted by atomic mass is 16.5. The molecule has 2 N–H and O–H groups in total. The maximum absolute atomic E-state index is 11.3. The predicted octanol–water partition coefficient (Wildman–Crippen LogP) is 3.02. The summed E-state index contributed by atoms with van der Waals surface area (Å²) in [5.41, 5.74) is 5.63. The summed E-state index contributed by atoms with van der Waals surface area (Å²) in [6.07, 6.45) is 8.86. The Morgan fingerprint density at radius 3 is 2.31 bits per heavy atom. The molecule has 3 heteroatoms. The first-order valence-corrected chi connectivity index (χ1v) is 6.64. The van der Waals surface area contributed by atoms with Crippen LogP contribution in [0.4, 0.5) is 0 Å². The summed E-state index contributed by atoms with van der Waals surface area (Å²) in [5, 5.41) is 0. The van der Waals surface area contributed by atoms with Crippen LogP contribution in [0.15, 0.2) is 0 Å². The fraction of sp³-hybridized carbons (Fsp3) is 0.923. The number of carbonyl (C=O) groups excluding carboxylic acids is 1. The highest BCUT2D eigenvalue weighted by Gasteiger charge is 2.12. The Labute approximate surface area is 99.7 Å². The predicted molar refractivity (Wildman–Crippen MR) is 67.2 cm³/mol. The van der Waals surface area contributed by atoms with Crippen molar-refractivity contribution >= 4 is 5.97 Å². The van der Waals surface area contributed by atoms with Gasteiger partial charge in [-0.1, -0.05) is 52.4 Å². The van der Waals surface area contributed by atoms with Crippen LogP contribution in [-0.4, -0.2) is 18.6 Å². The van der Waals surface area contributed by atoms with E-state index in [1.807, 2.05) is 6.92 Å². The zero-order chi connectivity index (χ0) is 12.2. The summed E-state index contributed by atoms with van der Waals surface area (Å²) >= 11 is 0. The molecule has 0 fully saturated rings. The van der Waals surface area contributed by atoms with E-state index in [4.69, 9.17) is 10.5 Å². The van der Waals surface area contributed by atoms with E-state index in [1.165, 1.54) is 25.7 Å². The van der Waals surface area contributed by atoms with Crippen molar-refractivity contribution in [1.29, 1.82) is 0 Å². The fourth-order valence-electron chi connectivity index (χ4n) is 1.59. The van der Waals surface area contributed by atoms with E-state index in [0.717, 1.165) is 25.7 Å². The lowest BCUT2D eigenvalue weighted by molar-refractivity contribution is -0.145. The van der Waals surface area contributed by atoms with Crippen molar-refractivity contribution in [2.24, 2.45) is 5.73 Å². The summed E-state index contributed by atoms with van der Waals surface area (Å²) in [6.45, 7) is 4.75. The van der Waals surface area contributed by atoms with Crippen LogP contribution in [0.1, 0.15) is 65.2 Å². The van der Waals surface area contributed by atoms with Crippen LogP contribution in [0.25, 0.3) is 0 Å². The van der Waals surface area contributed by atoms with Gasteiger partial charge in [0.1, 0.15) is 6.04 Å². The zero-order valence-corrected chi connectivity index (χ0v) is 10.8. The van der Waals surface area contributed by atoms with E-state index >= 15 is 0 Å². The lowest BCUT2D eigenvalue weighted by atomic mass is 10.1. The minimum atomic E-state index is -0.426. The number of hydrogen-bond donors (Lipinski definition) is 1. The van der Waals surface area contributed by atoms with Gasteiger partial charge in [0.05, 0.1) is 6.61 Å². The van der Waals surface area contributed by atoms with Crippen LogP contribution >= 0.6 is 0 Å². The van der Waals surface area contributed by atoms with E-state index in [9.17, 15) is 4.79 Å². The lowest BCUT2D eigenvalue weighted by Gasteiger charge is -2.10. The van der Waals surface area contributed by atoms with Crippen LogP contribution in [0.2, 0.25) is 0 Å². The molecule has 0 aromatic heterocycles. The molecule has 0 aliphatic carbocycles. The molecule has 0 unspecified atom stereocenters. The molecule has 1 atom stereocenters. The number of ether oxygens (including phenoxy) is 1. The highest BCUT2D eigenvalue weighted by molar-refractivity contribution is 5.75. The Hall–Kier alpha value is -0.570. The number of nitrogens with two attached hydrogens (primary N) is 1. The minimum absolute atomic E-state index is 0.240. The molecule has 0 saturated carbocycles. The molecule has 0 heterocycles. The molecule has 0 aromatic rings. The van der Waals surface area contributed by atoms with Crippen LogP contribution in [0.5, 0.6) is 0 Å². The summed E-state index contributed by atoms with van der Waals surface area (Å²) < 4.78 is 5.10. The van der Waals surface area contributed by atoms with Gasteiger partial charge in [-0.2, -0.15) is 0 Å². The molecule has 0 aliphatic rings. The standard InChI is InChI=1S/C13H27NO2/c1-3-5-6-7-8-9-11-16-13(15)12(14)10-4-2/h12H,3-11,14H2,1-2H3/t12-/m0/s1. The normalized spacial score (nSPS) is 12.4. The van der Waals surface area contributed by atoms with Crippen molar-refractivity contribution in [3.05, 3.63) is 0 Å². The van der Waals surface area contributed by atoms with Gasteiger partial charge in [0, 0.05) is 0 Å². The molecule has 0 aliphatic heterocycles. The van der Waals surface area contributed by atoms with Gasteiger partial charge in [0.25, 0.3) is 0 Å². The van der Waals surface area contributed by atoms with Crippen molar-refractivity contribution in [3.63, 3.8) is 0 Å². The number of hydrogen-bond acceptors (Lipinski definition) is 3. The number of rotatable bonds is 10. The highest BCUT2D eigenvalue weighted by Crippen LogP contribution is 2.05. The second-order valence-electron chi connectivity index (χ2n) is 4.33. The largest absolute Gasteiger partial charge is 0.465 e. The average molecular weight is 229 g/mol. The third-order valence-electron chi connectivity index (χ3n) is 2.64. The smallest absolute Gasteiger partial charge is 0.322 e. The number of esters is 1. The molecule has 0 spiro atoms. The van der Waals surface area contributed by atoms with Crippen LogP contribution in [-0.2, 0) is 9.53 Å². The minimum Gasteiger partial charge on any atom is -0.465 e. The summed E-state index contributed by atoms with van der Waals surface area (Å²) in [7, 11) is 0. The van der Waals surface area contributed by atoms with E-state index in [0.29, 0.717) is 6.61 Å². The topological polar surface area (TPSA) is 52.3 Å². The Balaban J connectivity index is 3.27. The van der Waals surface area contributed by atoms with E-state index in [2.05, 4.69) is 6.92 Å². The van der Waals surface area contributed by atoms with Gasteiger partial charge >= 0.3 is 5.97 Å². The summed E-state index contributed by atoms with van der Waals surface area (Å²) in [4.78, 5) is 11.3. The van der Waals surface area contributed by atoms with Gasteiger partial charge in [-0.05, 0) is 12.8 Å². The number of unbranched alkanes of at least 4 members (excludes halogenated alkanes) is 5. The van der Waals surface area contributed by atoms with Crippen molar-refractivity contribution < 1.29 is 9.53 Å². The Morgan fingerprint density at radius 2 is 1.69 bits per heavy atom. The molecule has 0 saturated heterocycles. The van der Waals surface area contributed by atoms with Gasteiger partial charge in [-0.25, -0.2) is 0 Å². The first-order chi connectivity index (χ1) is 7.72. The number of carbonyl (C=O) groups is 1. The molecule has 0 bridgehead atoms. The van der Waals surface area contributed by atoms with Crippen molar-refractivity contribution in [3.8, 4) is 0 Å². The summed E-state index contributed by atoms with van der Waals surface area (Å²) in [5.74, 6) is -0.240. The Bertz CT molecular complexity index is 171.